The maximum Gasteiger partial charge on any atom is 0.117 e. The highest BCUT2D eigenvalue weighted by atomic mass is 16.3. The van der Waals surface area contributed by atoms with Crippen molar-refractivity contribution in [3.05, 3.63) is 24.2 Å². The summed E-state index contributed by atoms with van der Waals surface area (Å²) >= 11 is 0. The van der Waals surface area contributed by atoms with E-state index in [4.69, 9.17) is 4.42 Å². The summed E-state index contributed by atoms with van der Waals surface area (Å²) in [5.74, 6) is 1.44. The van der Waals surface area contributed by atoms with E-state index < -0.39 is 0 Å². The fourth-order valence-electron chi connectivity index (χ4n) is 2.25. The topological polar surface area (TPSA) is 36.6 Å². The molecule has 0 radical (unpaired) electrons. The molecule has 0 spiro atoms. The molecule has 0 aliphatic carbocycles. The van der Waals surface area contributed by atoms with Gasteiger partial charge in [-0.1, -0.05) is 0 Å². The molecule has 0 saturated carbocycles. The predicted octanol–water partition coefficient (Wildman–Crippen LogP) is 1.87. The summed E-state index contributed by atoms with van der Waals surface area (Å²) in [7, 11) is 0. The first kappa shape index (κ1) is 10.7. The largest absolute Gasteiger partial charge is 0.468 e. The molecule has 1 fully saturated rings. The van der Waals surface area contributed by atoms with Crippen LogP contribution < -0.4 is 0 Å². The van der Waals surface area contributed by atoms with Crippen LogP contribution in [0.5, 0.6) is 0 Å². The lowest BCUT2D eigenvalue weighted by molar-refractivity contribution is 0.0572. The van der Waals surface area contributed by atoms with Gasteiger partial charge in [0.05, 0.1) is 18.9 Å². The lowest BCUT2D eigenvalue weighted by atomic mass is 9.93. The van der Waals surface area contributed by atoms with Crippen molar-refractivity contribution in [2.24, 2.45) is 5.92 Å². The third-order valence-electron chi connectivity index (χ3n) is 3.18. The molecule has 1 aliphatic heterocycles. The predicted molar refractivity (Wildman–Crippen MR) is 58.4 cm³/mol. The molecule has 1 aromatic rings. The number of hydrogen-bond acceptors (Lipinski definition) is 3. The number of piperidine rings is 1. The molecule has 2 atom stereocenters. The van der Waals surface area contributed by atoms with E-state index in [0.717, 1.165) is 31.8 Å². The Morgan fingerprint density at radius 2 is 2.53 bits per heavy atom. The van der Waals surface area contributed by atoms with Crippen LogP contribution in [0.3, 0.4) is 0 Å². The summed E-state index contributed by atoms with van der Waals surface area (Å²) in [4.78, 5) is 2.36. The van der Waals surface area contributed by atoms with Crippen molar-refractivity contribution in [3.63, 3.8) is 0 Å². The molecule has 3 heteroatoms. The fraction of sp³-hybridized carbons (Fsp3) is 0.667. The zero-order valence-corrected chi connectivity index (χ0v) is 9.22. The van der Waals surface area contributed by atoms with Gasteiger partial charge in [0.25, 0.3) is 0 Å². The van der Waals surface area contributed by atoms with Gasteiger partial charge in [-0.15, -0.1) is 0 Å². The molecule has 0 unspecified atom stereocenters. The number of rotatable bonds is 3. The van der Waals surface area contributed by atoms with Gasteiger partial charge in [0.1, 0.15) is 5.76 Å². The minimum atomic E-state index is -0.190. The van der Waals surface area contributed by atoms with Gasteiger partial charge in [-0.3, -0.25) is 4.90 Å². The third-order valence-corrected chi connectivity index (χ3v) is 3.18. The van der Waals surface area contributed by atoms with E-state index >= 15 is 0 Å². The highest BCUT2D eigenvalue weighted by Crippen LogP contribution is 2.21. The van der Waals surface area contributed by atoms with Gasteiger partial charge in [0.2, 0.25) is 0 Å². The first-order valence-electron chi connectivity index (χ1n) is 5.68. The molecule has 0 aromatic carbocycles. The molecule has 3 nitrogen and oxygen atoms in total. The summed E-state index contributed by atoms with van der Waals surface area (Å²) in [6.07, 6.45) is 3.85. The zero-order chi connectivity index (χ0) is 10.7. The molecule has 0 bridgehead atoms. The average Bonchev–Trinajstić information content (AvgIpc) is 2.71. The zero-order valence-electron chi connectivity index (χ0n) is 9.22. The lowest BCUT2D eigenvalue weighted by Gasteiger charge is -2.33. The second kappa shape index (κ2) is 4.81. The van der Waals surface area contributed by atoms with E-state index in [1.54, 1.807) is 6.26 Å². The summed E-state index contributed by atoms with van der Waals surface area (Å²) in [6.45, 7) is 4.86. The highest BCUT2D eigenvalue weighted by Gasteiger charge is 2.23. The van der Waals surface area contributed by atoms with Crippen molar-refractivity contribution in [1.29, 1.82) is 0 Å². The van der Waals surface area contributed by atoms with Gasteiger partial charge in [0, 0.05) is 6.54 Å². The number of aliphatic hydroxyl groups is 1. The minimum Gasteiger partial charge on any atom is -0.468 e. The molecule has 1 N–H and O–H groups in total. The van der Waals surface area contributed by atoms with Crippen LogP contribution in [0.25, 0.3) is 0 Å². The standard InChI is InChI=1S/C12H19NO2/c1-10(14)11-4-2-6-13(8-11)9-12-5-3-7-15-12/h3,5,7,10-11,14H,2,4,6,8-9H2,1H3/t10-,11+/m0/s1. The van der Waals surface area contributed by atoms with E-state index in [9.17, 15) is 5.11 Å². The molecule has 1 aliphatic rings. The summed E-state index contributed by atoms with van der Waals surface area (Å²) < 4.78 is 5.33. The molecule has 1 saturated heterocycles. The van der Waals surface area contributed by atoms with Crippen LogP contribution in [0, 0.1) is 5.92 Å². The highest BCUT2D eigenvalue weighted by molar-refractivity contribution is 4.98. The first-order chi connectivity index (χ1) is 7.25. The van der Waals surface area contributed by atoms with Gasteiger partial charge >= 0.3 is 0 Å². The average molecular weight is 209 g/mol. The number of likely N-dealkylation sites (tertiary alicyclic amines) is 1. The number of furan rings is 1. The van der Waals surface area contributed by atoms with Gasteiger partial charge in [-0.05, 0) is 44.4 Å². The van der Waals surface area contributed by atoms with Gasteiger partial charge in [-0.2, -0.15) is 0 Å². The first-order valence-corrected chi connectivity index (χ1v) is 5.68. The Morgan fingerprint density at radius 1 is 1.67 bits per heavy atom. The number of nitrogens with zero attached hydrogens (tertiary/aromatic N) is 1. The van der Waals surface area contributed by atoms with E-state index in [-0.39, 0.29) is 6.10 Å². The van der Waals surface area contributed by atoms with E-state index in [1.807, 2.05) is 19.1 Å². The summed E-state index contributed by atoms with van der Waals surface area (Å²) in [5, 5.41) is 9.57. The van der Waals surface area contributed by atoms with Crippen molar-refractivity contribution in [2.45, 2.75) is 32.4 Å². The second-order valence-corrected chi connectivity index (χ2v) is 4.46. The van der Waals surface area contributed by atoms with Crippen molar-refractivity contribution < 1.29 is 9.52 Å². The molecule has 2 heterocycles. The van der Waals surface area contributed by atoms with Crippen LogP contribution in [0.1, 0.15) is 25.5 Å². The van der Waals surface area contributed by atoms with Crippen LogP contribution in [0.2, 0.25) is 0 Å². The summed E-state index contributed by atoms with van der Waals surface area (Å²) in [5.41, 5.74) is 0. The van der Waals surface area contributed by atoms with Crippen LogP contribution in [0.4, 0.5) is 0 Å². The molecule has 0 amide bonds. The Kier molecular flexibility index (Phi) is 3.44. The van der Waals surface area contributed by atoms with Gasteiger partial charge in [0.15, 0.2) is 0 Å². The number of hydrogen-bond donors (Lipinski definition) is 1. The third kappa shape index (κ3) is 2.83. The van der Waals surface area contributed by atoms with Crippen LogP contribution >= 0.6 is 0 Å². The Bertz CT molecular complexity index is 282. The quantitative estimate of drug-likeness (QED) is 0.825. The monoisotopic (exact) mass is 209 g/mol. The van der Waals surface area contributed by atoms with E-state index in [2.05, 4.69) is 4.90 Å². The summed E-state index contributed by atoms with van der Waals surface area (Å²) in [6, 6.07) is 3.93. The molecule has 84 valence electrons. The normalized spacial score (nSPS) is 25.3. The minimum absolute atomic E-state index is 0.190. The molecule has 15 heavy (non-hydrogen) atoms. The lowest BCUT2D eigenvalue weighted by Crippen LogP contribution is -2.38. The van der Waals surface area contributed by atoms with E-state index in [1.165, 1.54) is 6.42 Å². The Balaban J connectivity index is 1.88. The van der Waals surface area contributed by atoms with Crippen LogP contribution in [0.15, 0.2) is 22.8 Å². The molecule has 2 rings (SSSR count). The molecular formula is C12H19NO2. The van der Waals surface area contributed by atoms with Gasteiger partial charge < -0.3 is 9.52 Å². The van der Waals surface area contributed by atoms with Crippen LogP contribution in [-0.2, 0) is 6.54 Å². The smallest absolute Gasteiger partial charge is 0.117 e. The Labute approximate surface area is 90.7 Å². The van der Waals surface area contributed by atoms with Crippen molar-refractivity contribution in [3.8, 4) is 0 Å². The number of aliphatic hydroxyl groups excluding tert-OH is 1. The van der Waals surface area contributed by atoms with Crippen LogP contribution in [-0.4, -0.2) is 29.2 Å². The maximum absolute atomic E-state index is 9.57. The molecule has 1 aromatic heterocycles. The fourth-order valence-corrected chi connectivity index (χ4v) is 2.25. The maximum atomic E-state index is 9.57. The van der Waals surface area contributed by atoms with E-state index in [0.29, 0.717) is 5.92 Å². The van der Waals surface area contributed by atoms with Crippen molar-refractivity contribution >= 4 is 0 Å². The molecular weight excluding hydrogens is 190 g/mol. The Morgan fingerprint density at radius 3 is 3.20 bits per heavy atom. The van der Waals surface area contributed by atoms with Gasteiger partial charge in [-0.25, -0.2) is 0 Å². The van der Waals surface area contributed by atoms with Crippen molar-refractivity contribution in [1.82, 2.24) is 4.90 Å². The van der Waals surface area contributed by atoms with Crippen molar-refractivity contribution in [2.75, 3.05) is 13.1 Å². The SMILES string of the molecule is C[C@H](O)[C@@H]1CCCN(Cc2ccco2)C1. The Hall–Kier alpha value is -0.800. The second-order valence-electron chi connectivity index (χ2n) is 4.46.